The van der Waals surface area contributed by atoms with Gasteiger partial charge < -0.3 is 9.84 Å². The Bertz CT molecular complexity index is 565. The van der Waals surface area contributed by atoms with Crippen molar-refractivity contribution in [1.29, 1.82) is 0 Å². The zero-order valence-corrected chi connectivity index (χ0v) is 12.6. The first kappa shape index (κ1) is 14.6. The van der Waals surface area contributed by atoms with Gasteiger partial charge in [0, 0.05) is 5.56 Å². The van der Waals surface area contributed by atoms with Gasteiger partial charge >= 0.3 is 0 Å². The van der Waals surface area contributed by atoms with Crippen molar-refractivity contribution in [3.8, 4) is 5.75 Å². The van der Waals surface area contributed by atoms with Gasteiger partial charge in [0.05, 0.1) is 7.11 Å². The minimum absolute atomic E-state index is 0.119. The van der Waals surface area contributed by atoms with Gasteiger partial charge in [-0.1, -0.05) is 63.2 Å². The van der Waals surface area contributed by atoms with Crippen LogP contribution in [0.5, 0.6) is 5.75 Å². The number of para-hydroxylation sites is 1. The minimum atomic E-state index is -0.667. The van der Waals surface area contributed by atoms with Crippen molar-refractivity contribution in [3.05, 3.63) is 65.2 Å². The second-order valence-electron chi connectivity index (χ2n) is 6.02. The summed E-state index contributed by atoms with van der Waals surface area (Å²) in [5, 5.41) is 10.5. The van der Waals surface area contributed by atoms with Gasteiger partial charge in [-0.2, -0.15) is 0 Å². The van der Waals surface area contributed by atoms with Crippen LogP contribution < -0.4 is 4.74 Å². The molecule has 0 aromatic heterocycles. The molecule has 0 aliphatic rings. The molecule has 0 unspecified atom stereocenters. The van der Waals surface area contributed by atoms with E-state index in [1.165, 1.54) is 5.56 Å². The van der Waals surface area contributed by atoms with Crippen molar-refractivity contribution in [1.82, 2.24) is 0 Å². The second kappa shape index (κ2) is 5.68. The first-order chi connectivity index (χ1) is 9.43. The van der Waals surface area contributed by atoms with E-state index >= 15 is 0 Å². The fourth-order valence-electron chi connectivity index (χ4n) is 2.24. The lowest BCUT2D eigenvalue weighted by molar-refractivity contribution is 0.214. The summed E-state index contributed by atoms with van der Waals surface area (Å²) in [5.41, 5.74) is 3.04. The SMILES string of the molecule is COc1ccccc1[C@@H](O)c1ccc(C(C)(C)C)cc1. The van der Waals surface area contributed by atoms with E-state index in [4.69, 9.17) is 4.74 Å². The number of hydrogen-bond donors (Lipinski definition) is 1. The Morgan fingerprint density at radius 1 is 0.950 bits per heavy atom. The number of rotatable bonds is 3. The zero-order valence-electron chi connectivity index (χ0n) is 12.6. The van der Waals surface area contributed by atoms with Crippen molar-refractivity contribution >= 4 is 0 Å². The van der Waals surface area contributed by atoms with Gasteiger partial charge in [-0.05, 0) is 22.6 Å². The van der Waals surface area contributed by atoms with Gasteiger partial charge in [-0.15, -0.1) is 0 Å². The molecule has 106 valence electrons. The van der Waals surface area contributed by atoms with Gasteiger partial charge in [0.25, 0.3) is 0 Å². The number of ether oxygens (including phenoxy) is 1. The van der Waals surface area contributed by atoms with E-state index in [1.807, 2.05) is 36.4 Å². The molecule has 2 aromatic carbocycles. The highest BCUT2D eigenvalue weighted by Crippen LogP contribution is 2.31. The maximum absolute atomic E-state index is 10.5. The Kier molecular flexibility index (Phi) is 4.15. The number of aliphatic hydroxyl groups is 1. The highest BCUT2D eigenvalue weighted by Gasteiger charge is 2.17. The van der Waals surface area contributed by atoms with E-state index in [0.29, 0.717) is 5.75 Å². The maximum atomic E-state index is 10.5. The Hall–Kier alpha value is -1.80. The fourth-order valence-corrected chi connectivity index (χ4v) is 2.24. The Balaban J connectivity index is 2.32. The van der Waals surface area contributed by atoms with Crippen LogP contribution in [0.4, 0.5) is 0 Å². The van der Waals surface area contributed by atoms with Crippen LogP contribution in [0.3, 0.4) is 0 Å². The molecule has 0 heterocycles. The summed E-state index contributed by atoms with van der Waals surface area (Å²) in [6.07, 6.45) is -0.667. The molecule has 0 aliphatic carbocycles. The Labute approximate surface area is 121 Å². The van der Waals surface area contributed by atoms with Crippen molar-refractivity contribution in [2.75, 3.05) is 7.11 Å². The molecule has 2 nitrogen and oxygen atoms in total. The highest BCUT2D eigenvalue weighted by molar-refractivity contribution is 5.41. The molecule has 2 heteroatoms. The lowest BCUT2D eigenvalue weighted by Crippen LogP contribution is -2.11. The van der Waals surface area contributed by atoms with Crippen LogP contribution in [-0.2, 0) is 5.41 Å². The molecular weight excluding hydrogens is 248 g/mol. The smallest absolute Gasteiger partial charge is 0.125 e. The minimum Gasteiger partial charge on any atom is -0.496 e. The Morgan fingerprint density at radius 3 is 2.10 bits per heavy atom. The number of methoxy groups -OCH3 is 1. The van der Waals surface area contributed by atoms with Crippen molar-refractivity contribution < 1.29 is 9.84 Å². The molecule has 0 saturated carbocycles. The van der Waals surface area contributed by atoms with Crippen LogP contribution in [0.1, 0.15) is 43.6 Å². The maximum Gasteiger partial charge on any atom is 0.125 e. The summed E-state index contributed by atoms with van der Waals surface area (Å²) in [6, 6.07) is 15.7. The van der Waals surface area contributed by atoms with Crippen LogP contribution in [0.2, 0.25) is 0 Å². The summed E-state index contributed by atoms with van der Waals surface area (Å²) in [4.78, 5) is 0. The number of aliphatic hydroxyl groups excluding tert-OH is 1. The average Bonchev–Trinajstić information content (AvgIpc) is 2.45. The van der Waals surface area contributed by atoms with Gasteiger partial charge in [0.2, 0.25) is 0 Å². The molecule has 1 N–H and O–H groups in total. The average molecular weight is 270 g/mol. The number of benzene rings is 2. The molecule has 2 aromatic rings. The van der Waals surface area contributed by atoms with Gasteiger partial charge in [0.15, 0.2) is 0 Å². The van der Waals surface area contributed by atoms with Crippen LogP contribution in [0.15, 0.2) is 48.5 Å². The van der Waals surface area contributed by atoms with Crippen LogP contribution in [-0.4, -0.2) is 12.2 Å². The largest absolute Gasteiger partial charge is 0.496 e. The summed E-state index contributed by atoms with van der Waals surface area (Å²) < 4.78 is 5.31. The predicted octanol–water partition coefficient (Wildman–Crippen LogP) is 4.07. The fraction of sp³-hybridized carbons (Fsp3) is 0.333. The molecule has 0 spiro atoms. The molecule has 0 amide bonds. The molecule has 0 saturated heterocycles. The Morgan fingerprint density at radius 2 is 1.55 bits per heavy atom. The standard InChI is InChI=1S/C18H22O2/c1-18(2,3)14-11-9-13(10-12-14)17(19)15-7-5-6-8-16(15)20-4/h5-12,17,19H,1-4H3/t17-/m0/s1. The second-order valence-corrected chi connectivity index (χ2v) is 6.02. The third-order valence-electron chi connectivity index (χ3n) is 3.53. The first-order valence-electron chi connectivity index (χ1n) is 6.85. The summed E-state index contributed by atoms with van der Waals surface area (Å²) in [7, 11) is 1.62. The normalized spacial score (nSPS) is 13.1. The summed E-state index contributed by atoms with van der Waals surface area (Å²) >= 11 is 0. The lowest BCUT2D eigenvalue weighted by atomic mass is 9.86. The topological polar surface area (TPSA) is 29.5 Å². The molecule has 20 heavy (non-hydrogen) atoms. The van der Waals surface area contributed by atoms with Gasteiger partial charge in [0.1, 0.15) is 11.9 Å². The van der Waals surface area contributed by atoms with Crippen molar-refractivity contribution in [2.45, 2.75) is 32.3 Å². The monoisotopic (exact) mass is 270 g/mol. The van der Waals surface area contributed by atoms with Crippen LogP contribution in [0.25, 0.3) is 0 Å². The predicted molar refractivity (Wildman–Crippen MR) is 82.2 cm³/mol. The molecule has 0 aliphatic heterocycles. The number of hydrogen-bond acceptors (Lipinski definition) is 2. The van der Waals surface area contributed by atoms with E-state index in [9.17, 15) is 5.11 Å². The van der Waals surface area contributed by atoms with Crippen LogP contribution >= 0.6 is 0 Å². The zero-order chi connectivity index (χ0) is 14.8. The summed E-state index contributed by atoms with van der Waals surface area (Å²) in [6.45, 7) is 6.54. The molecular formula is C18H22O2. The molecule has 2 rings (SSSR count). The van der Waals surface area contributed by atoms with E-state index in [-0.39, 0.29) is 5.41 Å². The van der Waals surface area contributed by atoms with E-state index in [1.54, 1.807) is 7.11 Å². The van der Waals surface area contributed by atoms with E-state index in [0.717, 1.165) is 11.1 Å². The van der Waals surface area contributed by atoms with Gasteiger partial charge in [-0.3, -0.25) is 0 Å². The van der Waals surface area contributed by atoms with Crippen LogP contribution in [0, 0.1) is 0 Å². The molecule has 1 atom stereocenters. The van der Waals surface area contributed by atoms with E-state index in [2.05, 4.69) is 32.9 Å². The third kappa shape index (κ3) is 3.02. The highest BCUT2D eigenvalue weighted by atomic mass is 16.5. The quantitative estimate of drug-likeness (QED) is 0.910. The van der Waals surface area contributed by atoms with Crippen molar-refractivity contribution in [2.24, 2.45) is 0 Å². The molecule has 0 fully saturated rings. The molecule has 0 bridgehead atoms. The van der Waals surface area contributed by atoms with Gasteiger partial charge in [-0.25, -0.2) is 0 Å². The summed E-state index contributed by atoms with van der Waals surface area (Å²) in [5.74, 6) is 0.708. The lowest BCUT2D eigenvalue weighted by Gasteiger charge is -2.20. The van der Waals surface area contributed by atoms with E-state index < -0.39 is 6.10 Å². The first-order valence-corrected chi connectivity index (χ1v) is 6.85. The third-order valence-corrected chi connectivity index (χ3v) is 3.53. The van der Waals surface area contributed by atoms with Crippen molar-refractivity contribution in [3.63, 3.8) is 0 Å². The molecule has 0 radical (unpaired) electrons.